The summed E-state index contributed by atoms with van der Waals surface area (Å²) in [6.07, 6.45) is 7.39. The van der Waals surface area contributed by atoms with Crippen LogP contribution in [0.15, 0.2) is 30.3 Å². The number of nitrogens with two attached hydrogens (primary N) is 1. The summed E-state index contributed by atoms with van der Waals surface area (Å²) in [5.74, 6) is 0.912. The molecular formula is C27H42N4O2. The van der Waals surface area contributed by atoms with Gasteiger partial charge in [-0.15, -0.1) is 0 Å². The van der Waals surface area contributed by atoms with Crippen LogP contribution < -0.4 is 11.1 Å². The van der Waals surface area contributed by atoms with Crippen molar-refractivity contribution in [2.75, 3.05) is 13.1 Å². The second kappa shape index (κ2) is 11.0. The number of amides is 2. The smallest absolute Gasteiger partial charge is 0.243 e. The third-order valence-corrected chi connectivity index (χ3v) is 7.55. The Kier molecular flexibility index (Phi) is 8.07. The van der Waals surface area contributed by atoms with Crippen molar-refractivity contribution in [3.63, 3.8) is 0 Å². The molecule has 1 unspecified atom stereocenters. The number of likely N-dealkylation sites (tertiary alicyclic amines) is 1. The number of carbonyl (C=O) groups excluding carboxylic acids is 2. The lowest BCUT2D eigenvalue weighted by Crippen LogP contribution is -2.59. The van der Waals surface area contributed by atoms with Crippen LogP contribution in [0.2, 0.25) is 0 Å². The Bertz CT molecular complexity index is 787. The van der Waals surface area contributed by atoms with E-state index in [-0.39, 0.29) is 35.9 Å². The highest BCUT2D eigenvalue weighted by atomic mass is 16.2. The Morgan fingerprint density at radius 2 is 1.76 bits per heavy atom. The zero-order chi connectivity index (χ0) is 23.4. The van der Waals surface area contributed by atoms with Gasteiger partial charge in [0.2, 0.25) is 11.8 Å². The van der Waals surface area contributed by atoms with E-state index in [1.807, 2.05) is 4.90 Å². The highest BCUT2D eigenvalue weighted by Gasteiger charge is 2.43. The first-order chi connectivity index (χ1) is 15.9. The molecule has 3 aliphatic rings. The molecule has 0 spiro atoms. The lowest BCUT2D eigenvalue weighted by molar-refractivity contribution is -0.145. The first kappa shape index (κ1) is 24.2. The van der Waals surface area contributed by atoms with Gasteiger partial charge in [-0.1, -0.05) is 44.2 Å². The van der Waals surface area contributed by atoms with Gasteiger partial charge in [-0.25, -0.2) is 0 Å². The van der Waals surface area contributed by atoms with Crippen LogP contribution in [0.1, 0.15) is 70.8 Å². The number of nitrogens with zero attached hydrogens (tertiary/aromatic N) is 2. The van der Waals surface area contributed by atoms with Crippen molar-refractivity contribution in [3.8, 4) is 0 Å². The normalized spacial score (nSPS) is 28.2. The summed E-state index contributed by atoms with van der Waals surface area (Å²) in [5.41, 5.74) is 7.36. The van der Waals surface area contributed by atoms with E-state index in [0.717, 1.165) is 64.5 Å². The maximum atomic E-state index is 13.5. The predicted octanol–water partition coefficient (Wildman–Crippen LogP) is 3.30. The van der Waals surface area contributed by atoms with Gasteiger partial charge in [0.25, 0.3) is 0 Å². The Hall–Kier alpha value is -1.92. The molecule has 2 amide bonds. The van der Waals surface area contributed by atoms with E-state index in [2.05, 4.69) is 54.4 Å². The van der Waals surface area contributed by atoms with Crippen molar-refractivity contribution in [1.29, 1.82) is 0 Å². The topological polar surface area (TPSA) is 78.7 Å². The highest BCUT2D eigenvalue weighted by Crippen LogP contribution is 2.34. The van der Waals surface area contributed by atoms with Crippen molar-refractivity contribution >= 4 is 11.8 Å². The molecule has 2 saturated carbocycles. The number of rotatable bonds is 8. The van der Waals surface area contributed by atoms with Crippen LogP contribution in [0.3, 0.4) is 0 Å². The van der Waals surface area contributed by atoms with Gasteiger partial charge >= 0.3 is 0 Å². The van der Waals surface area contributed by atoms with Gasteiger partial charge in [0, 0.05) is 43.7 Å². The molecule has 3 fully saturated rings. The maximum absolute atomic E-state index is 13.5. The van der Waals surface area contributed by atoms with Crippen molar-refractivity contribution in [2.45, 2.75) is 95.9 Å². The van der Waals surface area contributed by atoms with E-state index in [4.69, 9.17) is 5.73 Å². The molecule has 2 aliphatic carbocycles. The number of nitrogens with one attached hydrogen (secondary N) is 1. The molecule has 2 atom stereocenters. The zero-order valence-electron chi connectivity index (χ0n) is 20.4. The Labute approximate surface area is 199 Å². The fraction of sp³-hybridized carbons (Fsp3) is 0.704. The number of benzene rings is 1. The molecule has 0 bridgehead atoms. The number of carbonyl (C=O) groups is 2. The third-order valence-electron chi connectivity index (χ3n) is 7.55. The first-order valence-corrected chi connectivity index (χ1v) is 13.0. The van der Waals surface area contributed by atoms with Crippen molar-refractivity contribution in [1.82, 2.24) is 15.1 Å². The quantitative estimate of drug-likeness (QED) is 0.632. The standard InChI is InChI=1S/C27H42N4O2/c1-19(2)17-30(18-20-6-4-3-5-7-20)24-14-15-31(27(33)21-8-9-21)25(16-24)26(32)29-23-12-10-22(28)11-13-23/h3-7,19,21-25H,8-18,28H2,1-2H3,(H,29,32)/t22?,23?,24?,25-/m1/s1. The number of hydrogen-bond donors (Lipinski definition) is 2. The van der Waals surface area contributed by atoms with Crippen molar-refractivity contribution in [3.05, 3.63) is 35.9 Å². The number of piperidine rings is 1. The van der Waals surface area contributed by atoms with Crippen LogP contribution in [-0.4, -0.2) is 58.9 Å². The van der Waals surface area contributed by atoms with Gasteiger partial charge in [0.05, 0.1) is 0 Å². The molecule has 1 heterocycles. The van der Waals surface area contributed by atoms with E-state index >= 15 is 0 Å². The summed E-state index contributed by atoms with van der Waals surface area (Å²) < 4.78 is 0. The fourth-order valence-electron chi connectivity index (χ4n) is 5.55. The van der Waals surface area contributed by atoms with E-state index < -0.39 is 0 Å². The molecular weight excluding hydrogens is 412 g/mol. The van der Waals surface area contributed by atoms with Crippen LogP contribution >= 0.6 is 0 Å². The minimum absolute atomic E-state index is 0.0402. The molecule has 1 aliphatic heterocycles. The maximum Gasteiger partial charge on any atom is 0.243 e. The Morgan fingerprint density at radius 1 is 1.06 bits per heavy atom. The van der Waals surface area contributed by atoms with Crippen LogP contribution in [-0.2, 0) is 16.1 Å². The fourth-order valence-corrected chi connectivity index (χ4v) is 5.55. The minimum atomic E-state index is -0.363. The summed E-state index contributed by atoms with van der Waals surface area (Å²) in [5, 5.41) is 3.30. The molecule has 182 valence electrons. The van der Waals surface area contributed by atoms with Crippen LogP contribution in [0.5, 0.6) is 0 Å². The minimum Gasteiger partial charge on any atom is -0.352 e. The third kappa shape index (κ3) is 6.57. The average molecular weight is 455 g/mol. The first-order valence-electron chi connectivity index (χ1n) is 13.0. The van der Waals surface area contributed by atoms with E-state index in [0.29, 0.717) is 18.5 Å². The van der Waals surface area contributed by atoms with Gasteiger partial charge < -0.3 is 16.0 Å². The highest BCUT2D eigenvalue weighted by molar-refractivity contribution is 5.89. The van der Waals surface area contributed by atoms with Gasteiger partial charge in [-0.2, -0.15) is 0 Å². The largest absolute Gasteiger partial charge is 0.352 e. The van der Waals surface area contributed by atoms with E-state index in [1.54, 1.807) is 0 Å². The second-order valence-corrected chi connectivity index (χ2v) is 10.9. The molecule has 4 rings (SSSR count). The SMILES string of the molecule is CC(C)CN(Cc1ccccc1)C1CCN(C(=O)C2CC2)[C@@H](C(=O)NC2CCC(N)CC2)C1. The van der Waals surface area contributed by atoms with E-state index in [9.17, 15) is 9.59 Å². The molecule has 1 aromatic rings. The molecule has 0 aromatic heterocycles. The summed E-state index contributed by atoms with van der Waals surface area (Å²) in [6.45, 7) is 7.06. The molecule has 1 aromatic carbocycles. The monoisotopic (exact) mass is 454 g/mol. The number of hydrogen-bond acceptors (Lipinski definition) is 4. The van der Waals surface area contributed by atoms with Crippen LogP contribution in [0.25, 0.3) is 0 Å². The Balaban J connectivity index is 1.47. The molecule has 0 radical (unpaired) electrons. The van der Waals surface area contributed by atoms with Gasteiger partial charge in [0.15, 0.2) is 0 Å². The molecule has 6 heteroatoms. The average Bonchev–Trinajstić information content (AvgIpc) is 3.65. The van der Waals surface area contributed by atoms with Gasteiger partial charge in [-0.3, -0.25) is 14.5 Å². The predicted molar refractivity (Wildman–Crippen MR) is 131 cm³/mol. The van der Waals surface area contributed by atoms with Gasteiger partial charge in [0.1, 0.15) is 6.04 Å². The van der Waals surface area contributed by atoms with Crippen molar-refractivity contribution in [2.24, 2.45) is 17.6 Å². The second-order valence-electron chi connectivity index (χ2n) is 10.9. The molecule has 33 heavy (non-hydrogen) atoms. The van der Waals surface area contributed by atoms with Crippen LogP contribution in [0.4, 0.5) is 0 Å². The lowest BCUT2D eigenvalue weighted by Gasteiger charge is -2.44. The summed E-state index contributed by atoms with van der Waals surface area (Å²) in [4.78, 5) is 31.0. The van der Waals surface area contributed by atoms with Crippen LogP contribution in [0, 0.1) is 11.8 Å². The van der Waals surface area contributed by atoms with Crippen molar-refractivity contribution < 1.29 is 9.59 Å². The van der Waals surface area contributed by atoms with E-state index in [1.165, 1.54) is 5.56 Å². The Morgan fingerprint density at radius 3 is 2.39 bits per heavy atom. The lowest BCUT2D eigenvalue weighted by atomic mass is 9.90. The van der Waals surface area contributed by atoms with Gasteiger partial charge in [-0.05, 0) is 62.8 Å². The summed E-state index contributed by atoms with van der Waals surface area (Å²) in [6, 6.07) is 11.0. The summed E-state index contributed by atoms with van der Waals surface area (Å²) >= 11 is 0. The zero-order valence-corrected chi connectivity index (χ0v) is 20.4. The summed E-state index contributed by atoms with van der Waals surface area (Å²) in [7, 11) is 0. The molecule has 3 N–H and O–H groups in total. The molecule has 1 saturated heterocycles. The molecule has 6 nitrogen and oxygen atoms in total.